The molecular formula is C16H25N3O2S. The van der Waals surface area contributed by atoms with Crippen LogP contribution < -0.4 is 5.56 Å². The number of aromatic amines is 1. The Hall–Kier alpha value is -1.24. The van der Waals surface area contributed by atoms with Crippen LogP contribution in [0.15, 0.2) is 4.79 Å². The van der Waals surface area contributed by atoms with Gasteiger partial charge < -0.3 is 10.1 Å². The average Bonchev–Trinajstić information content (AvgIpc) is 2.63. The normalized spacial score (nSPS) is 13.5. The molecule has 0 radical (unpaired) electrons. The van der Waals surface area contributed by atoms with Gasteiger partial charge in [0.1, 0.15) is 10.7 Å². The van der Waals surface area contributed by atoms with E-state index in [9.17, 15) is 9.90 Å². The van der Waals surface area contributed by atoms with Crippen molar-refractivity contribution < 1.29 is 5.11 Å². The van der Waals surface area contributed by atoms with Gasteiger partial charge in [0.15, 0.2) is 0 Å². The molecule has 0 aliphatic rings. The van der Waals surface area contributed by atoms with E-state index >= 15 is 0 Å². The van der Waals surface area contributed by atoms with E-state index in [1.54, 1.807) is 18.3 Å². The number of aryl methyl sites for hydroxylation is 2. The van der Waals surface area contributed by atoms with Gasteiger partial charge in [-0.25, -0.2) is 4.98 Å². The molecule has 2 aromatic rings. The van der Waals surface area contributed by atoms with Crippen molar-refractivity contribution >= 4 is 21.6 Å². The van der Waals surface area contributed by atoms with Crippen LogP contribution in [0.1, 0.15) is 37.0 Å². The van der Waals surface area contributed by atoms with Gasteiger partial charge in [-0.1, -0.05) is 13.8 Å². The van der Waals surface area contributed by atoms with E-state index in [1.165, 1.54) is 0 Å². The van der Waals surface area contributed by atoms with E-state index in [-0.39, 0.29) is 5.56 Å². The van der Waals surface area contributed by atoms with Crippen molar-refractivity contribution in [2.24, 2.45) is 5.92 Å². The Balaban J connectivity index is 2.31. The van der Waals surface area contributed by atoms with E-state index in [1.807, 2.05) is 13.8 Å². The predicted molar refractivity (Wildman–Crippen MR) is 91.5 cm³/mol. The maximum Gasteiger partial charge on any atom is 0.259 e. The molecule has 5 nitrogen and oxygen atoms in total. The first kappa shape index (κ1) is 17.1. The molecule has 0 aliphatic carbocycles. The third kappa shape index (κ3) is 3.94. The highest BCUT2D eigenvalue weighted by Gasteiger charge is 2.15. The predicted octanol–water partition coefficient (Wildman–Crippen LogP) is 2.44. The highest BCUT2D eigenvalue weighted by molar-refractivity contribution is 7.18. The topological polar surface area (TPSA) is 69.2 Å². The smallest absolute Gasteiger partial charge is 0.259 e. The Morgan fingerprint density at radius 1 is 1.27 bits per heavy atom. The van der Waals surface area contributed by atoms with Gasteiger partial charge in [-0.05, 0) is 32.3 Å². The average molecular weight is 323 g/mol. The summed E-state index contributed by atoms with van der Waals surface area (Å²) in [6.07, 6.45) is -0.402. The molecule has 0 spiro atoms. The molecular weight excluding hydrogens is 298 g/mol. The first-order valence-corrected chi connectivity index (χ1v) is 8.49. The maximum atomic E-state index is 12.3. The van der Waals surface area contributed by atoms with Crippen molar-refractivity contribution in [2.75, 3.05) is 13.1 Å². The van der Waals surface area contributed by atoms with Crippen molar-refractivity contribution in [3.8, 4) is 0 Å². The van der Waals surface area contributed by atoms with Crippen molar-refractivity contribution in [1.29, 1.82) is 0 Å². The Morgan fingerprint density at radius 2 is 1.95 bits per heavy atom. The molecule has 0 aromatic carbocycles. The van der Waals surface area contributed by atoms with Gasteiger partial charge in [-0.15, -0.1) is 11.3 Å². The highest BCUT2D eigenvalue weighted by atomic mass is 32.1. The van der Waals surface area contributed by atoms with E-state index in [4.69, 9.17) is 0 Å². The standard InChI is InChI=1S/C16H25N3O2S/c1-9(2)6-19(7-10(3)20)8-13-17-15(21)14-11(4)12(5)22-16(14)18-13/h9-10,20H,6-8H2,1-5H3,(H,17,18,21). The van der Waals surface area contributed by atoms with E-state index in [0.29, 0.717) is 30.2 Å². The maximum absolute atomic E-state index is 12.3. The second-order valence-corrected chi connectivity index (χ2v) is 7.62. The second kappa shape index (κ2) is 6.89. The zero-order chi connectivity index (χ0) is 16.4. The molecule has 122 valence electrons. The quantitative estimate of drug-likeness (QED) is 0.857. The minimum absolute atomic E-state index is 0.0663. The van der Waals surface area contributed by atoms with E-state index < -0.39 is 6.10 Å². The summed E-state index contributed by atoms with van der Waals surface area (Å²) in [5.74, 6) is 1.15. The van der Waals surface area contributed by atoms with Crippen LogP contribution in [0.4, 0.5) is 0 Å². The molecule has 2 rings (SSSR count). The zero-order valence-corrected chi connectivity index (χ0v) is 14.8. The number of aromatic nitrogens is 2. The molecule has 0 fully saturated rings. The number of aliphatic hydroxyl groups is 1. The minimum atomic E-state index is -0.402. The Bertz CT molecular complexity index is 693. The largest absolute Gasteiger partial charge is 0.392 e. The van der Waals surface area contributed by atoms with Gasteiger partial charge in [-0.2, -0.15) is 0 Å². The lowest BCUT2D eigenvalue weighted by atomic mass is 10.2. The van der Waals surface area contributed by atoms with Crippen molar-refractivity contribution in [3.63, 3.8) is 0 Å². The monoisotopic (exact) mass is 323 g/mol. The van der Waals surface area contributed by atoms with E-state index in [0.717, 1.165) is 21.8 Å². The fourth-order valence-electron chi connectivity index (χ4n) is 2.68. The Kier molecular flexibility index (Phi) is 5.36. The number of aliphatic hydroxyl groups excluding tert-OH is 1. The number of hydrogen-bond donors (Lipinski definition) is 2. The fraction of sp³-hybridized carbons (Fsp3) is 0.625. The summed E-state index contributed by atoms with van der Waals surface area (Å²) < 4.78 is 0. The summed E-state index contributed by atoms with van der Waals surface area (Å²) in [4.78, 5) is 23.9. The van der Waals surface area contributed by atoms with Gasteiger partial charge in [-0.3, -0.25) is 9.69 Å². The molecule has 2 aromatic heterocycles. The number of thiophene rings is 1. The third-order valence-electron chi connectivity index (χ3n) is 3.61. The first-order valence-electron chi connectivity index (χ1n) is 7.67. The molecule has 2 N–H and O–H groups in total. The zero-order valence-electron chi connectivity index (χ0n) is 13.9. The summed E-state index contributed by atoms with van der Waals surface area (Å²) >= 11 is 1.56. The lowest BCUT2D eigenvalue weighted by molar-refractivity contribution is 0.113. The molecule has 2 heterocycles. The number of nitrogens with one attached hydrogen (secondary N) is 1. The van der Waals surface area contributed by atoms with Gasteiger partial charge in [0.05, 0.1) is 18.0 Å². The number of nitrogens with zero attached hydrogens (tertiary/aromatic N) is 2. The van der Waals surface area contributed by atoms with Gasteiger partial charge in [0.25, 0.3) is 5.56 Å². The molecule has 0 aliphatic heterocycles. The van der Waals surface area contributed by atoms with Crippen LogP contribution >= 0.6 is 11.3 Å². The van der Waals surface area contributed by atoms with Crippen LogP contribution in [0.25, 0.3) is 10.2 Å². The summed E-state index contributed by atoms with van der Waals surface area (Å²) in [5, 5.41) is 10.4. The molecule has 0 bridgehead atoms. The van der Waals surface area contributed by atoms with Gasteiger partial charge in [0, 0.05) is 18.0 Å². The van der Waals surface area contributed by atoms with Gasteiger partial charge >= 0.3 is 0 Å². The molecule has 6 heteroatoms. The van der Waals surface area contributed by atoms with Crippen LogP contribution in [0.5, 0.6) is 0 Å². The van der Waals surface area contributed by atoms with Gasteiger partial charge in [0.2, 0.25) is 0 Å². The lowest BCUT2D eigenvalue weighted by Crippen LogP contribution is -2.34. The third-order valence-corrected chi connectivity index (χ3v) is 4.71. The SMILES string of the molecule is Cc1sc2nc(CN(CC(C)C)CC(C)O)[nH]c(=O)c2c1C. The number of hydrogen-bond acceptors (Lipinski definition) is 5. The summed E-state index contributed by atoms with van der Waals surface area (Å²) in [6.45, 7) is 12.0. The van der Waals surface area contributed by atoms with E-state index in [2.05, 4.69) is 28.7 Å². The molecule has 0 saturated heterocycles. The lowest BCUT2D eigenvalue weighted by Gasteiger charge is -2.24. The Labute approximate surface area is 135 Å². The second-order valence-electron chi connectivity index (χ2n) is 6.41. The van der Waals surface area contributed by atoms with Crippen molar-refractivity contribution in [2.45, 2.75) is 47.3 Å². The van der Waals surface area contributed by atoms with Crippen LogP contribution in [-0.2, 0) is 6.54 Å². The fourth-order valence-corrected chi connectivity index (χ4v) is 3.73. The molecule has 22 heavy (non-hydrogen) atoms. The minimum Gasteiger partial charge on any atom is -0.392 e. The first-order chi connectivity index (χ1) is 10.3. The molecule has 1 unspecified atom stereocenters. The van der Waals surface area contributed by atoms with Crippen molar-refractivity contribution in [1.82, 2.24) is 14.9 Å². The number of H-pyrrole nitrogens is 1. The molecule has 1 atom stereocenters. The summed E-state index contributed by atoms with van der Waals surface area (Å²) in [6, 6.07) is 0. The van der Waals surface area contributed by atoms with Crippen LogP contribution in [0, 0.1) is 19.8 Å². The van der Waals surface area contributed by atoms with Crippen molar-refractivity contribution in [3.05, 3.63) is 26.6 Å². The summed E-state index contributed by atoms with van der Waals surface area (Å²) in [7, 11) is 0. The number of fused-ring (bicyclic) bond motifs is 1. The number of rotatable bonds is 6. The molecule has 0 saturated carbocycles. The summed E-state index contributed by atoms with van der Waals surface area (Å²) in [5.41, 5.74) is 0.951. The highest BCUT2D eigenvalue weighted by Crippen LogP contribution is 2.25. The van der Waals surface area contributed by atoms with Crippen LogP contribution in [0.2, 0.25) is 0 Å². The van der Waals surface area contributed by atoms with Crippen LogP contribution in [0.3, 0.4) is 0 Å². The van der Waals surface area contributed by atoms with Crippen LogP contribution in [-0.4, -0.2) is 39.2 Å². The Morgan fingerprint density at radius 3 is 2.55 bits per heavy atom. The molecule has 0 amide bonds.